The molecule has 2 nitrogen and oxygen atoms in total. The lowest BCUT2D eigenvalue weighted by molar-refractivity contribution is 0.353. The summed E-state index contributed by atoms with van der Waals surface area (Å²) < 4.78 is 0. The zero-order valence-electron chi connectivity index (χ0n) is 8.18. The fraction of sp³-hybridized carbons (Fsp3) is 1.00. The Hall–Kier alpha value is -0.0800. The van der Waals surface area contributed by atoms with Crippen LogP contribution in [-0.4, -0.2) is 18.6 Å². The number of hydrogen-bond donors (Lipinski definition) is 2. The summed E-state index contributed by atoms with van der Waals surface area (Å²) in [4.78, 5) is 0. The molecule has 0 amide bonds. The molecule has 0 radical (unpaired) electrons. The van der Waals surface area contributed by atoms with E-state index in [9.17, 15) is 0 Å². The summed E-state index contributed by atoms with van der Waals surface area (Å²) >= 11 is 0. The van der Waals surface area contributed by atoms with E-state index in [0.717, 1.165) is 0 Å². The Morgan fingerprint density at radius 2 is 2.33 bits per heavy atom. The van der Waals surface area contributed by atoms with Gasteiger partial charge in [-0.3, -0.25) is 0 Å². The van der Waals surface area contributed by atoms with Crippen molar-refractivity contribution in [1.29, 1.82) is 0 Å². The van der Waals surface area contributed by atoms with Crippen molar-refractivity contribution in [3.63, 3.8) is 0 Å². The number of rotatable bonds is 4. The number of piperidine rings is 1. The first-order valence-electron chi connectivity index (χ1n) is 5.32. The molecule has 1 aliphatic heterocycles. The third-order valence-electron chi connectivity index (χ3n) is 2.66. The van der Waals surface area contributed by atoms with E-state index in [4.69, 9.17) is 5.73 Å². The molecule has 72 valence electrons. The molecule has 1 aliphatic rings. The Bertz CT molecular complexity index is 108. The SMILES string of the molecule is CCC[C@H](N)C[C@H]1CCCCN1. The van der Waals surface area contributed by atoms with Crippen LogP contribution in [-0.2, 0) is 0 Å². The summed E-state index contributed by atoms with van der Waals surface area (Å²) in [5.41, 5.74) is 5.98. The Labute approximate surface area is 75.9 Å². The topological polar surface area (TPSA) is 38.0 Å². The predicted octanol–water partition coefficient (Wildman–Crippen LogP) is 1.65. The maximum atomic E-state index is 5.98. The maximum absolute atomic E-state index is 5.98. The van der Waals surface area contributed by atoms with Gasteiger partial charge in [-0.2, -0.15) is 0 Å². The van der Waals surface area contributed by atoms with Crippen LogP contribution in [0.2, 0.25) is 0 Å². The highest BCUT2D eigenvalue weighted by molar-refractivity contribution is 4.76. The molecule has 0 bridgehead atoms. The van der Waals surface area contributed by atoms with Gasteiger partial charge in [-0.1, -0.05) is 19.8 Å². The second-order valence-corrected chi connectivity index (χ2v) is 3.93. The van der Waals surface area contributed by atoms with E-state index < -0.39 is 0 Å². The molecule has 0 saturated carbocycles. The van der Waals surface area contributed by atoms with Crippen molar-refractivity contribution in [3.05, 3.63) is 0 Å². The summed E-state index contributed by atoms with van der Waals surface area (Å²) in [5, 5.41) is 3.53. The Morgan fingerprint density at radius 3 is 2.92 bits per heavy atom. The van der Waals surface area contributed by atoms with Crippen LogP contribution in [0.1, 0.15) is 45.4 Å². The first kappa shape index (κ1) is 10.0. The first-order valence-corrected chi connectivity index (χ1v) is 5.32. The molecule has 3 N–H and O–H groups in total. The van der Waals surface area contributed by atoms with E-state index in [-0.39, 0.29) is 0 Å². The van der Waals surface area contributed by atoms with Crippen molar-refractivity contribution in [2.75, 3.05) is 6.54 Å². The molecule has 0 aliphatic carbocycles. The predicted molar refractivity (Wildman–Crippen MR) is 53.1 cm³/mol. The first-order chi connectivity index (χ1) is 5.83. The van der Waals surface area contributed by atoms with Crippen molar-refractivity contribution in [2.45, 2.75) is 57.5 Å². The van der Waals surface area contributed by atoms with E-state index >= 15 is 0 Å². The van der Waals surface area contributed by atoms with Crippen LogP contribution in [0.25, 0.3) is 0 Å². The lowest BCUT2D eigenvalue weighted by Gasteiger charge is -2.25. The summed E-state index contributed by atoms with van der Waals surface area (Å²) in [6.07, 6.45) is 7.63. The van der Waals surface area contributed by atoms with E-state index in [1.807, 2.05) is 0 Å². The van der Waals surface area contributed by atoms with Gasteiger partial charge in [0, 0.05) is 12.1 Å². The standard InChI is InChI=1S/C10H22N2/c1-2-5-9(11)8-10-6-3-4-7-12-10/h9-10,12H,2-8,11H2,1H3/t9-,10+/m0/s1. The molecule has 0 aromatic rings. The van der Waals surface area contributed by atoms with Crippen LogP contribution >= 0.6 is 0 Å². The van der Waals surface area contributed by atoms with Crippen LogP contribution in [0.4, 0.5) is 0 Å². The lowest BCUT2D eigenvalue weighted by atomic mass is 9.96. The fourth-order valence-electron chi connectivity index (χ4n) is 1.98. The number of nitrogens with two attached hydrogens (primary N) is 1. The number of hydrogen-bond acceptors (Lipinski definition) is 2. The largest absolute Gasteiger partial charge is 0.328 e. The summed E-state index contributed by atoms with van der Waals surface area (Å²) in [6.45, 7) is 3.40. The van der Waals surface area contributed by atoms with Gasteiger partial charge in [-0.25, -0.2) is 0 Å². The molecule has 2 atom stereocenters. The Balaban J connectivity index is 2.11. The summed E-state index contributed by atoms with van der Waals surface area (Å²) in [5.74, 6) is 0. The minimum atomic E-state index is 0.422. The zero-order valence-corrected chi connectivity index (χ0v) is 8.18. The van der Waals surface area contributed by atoms with Crippen LogP contribution < -0.4 is 11.1 Å². The van der Waals surface area contributed by atoms with Gasteiger partial charge < -0.3 is 11.1 Å². The van der Waals surface area contributed by atoms with Gasteiger partial charge in [0.15, 0.2) is 0 Å². The molecule has 1 heterocycles. The second kappa shape index (κ2) is 5.55. The van der Waals surface area contributed by atoms with Crippen molar-refractivity contribution in [3.8, 4) is 0 Å². The van der Waals surface area contributed by atoms with Gasteiger partial charge in [0.05, 0.1) is 0 Å². The van der Waals surface area contributed by atoms with Crippen molar-refractivity contribution < 1.29 is 0 Å². The summed E-state index contributed by atoms with van der Waals surface area (Å²) in [7, 11) is 0. The lowest BCUT2D eigenvalue weighted by Crippen LogP contribution is -2.38. The van der Waals surface area contributed by atoms with Gasteiger partial charge in [0.25, 0.3) is 0 Å². The average molecular weight is 170 g/mol. The van der Waals surface area contributed by atoms with Gasteiger partial charge >= 0.3 is 0 Å². The molecular weight excluding hydrogens is 148 g/mol. The molecular formula is C10H22N2. The van der Waals surface area contributed by atoms with Crippen molar-refractivity contribution in [2.24, 2.45) is 5.73 Å². The third kappa shape index (κ3) is 3.55. The van der Waals surface area contributed by atoms with E-state index in [0.29, 0.717) is 12.1 Å². The highest BCUT2D eigenvalue weighted by Crippen LogP contribution is 2.12. The van der Waals surface area contributed by atoms with Crippen LogP contribution in [0.5, 0.6) is 0 Å². The van der Waals surface area contributed by atoms with E-state index in [1.165, 1.54) is 45.1 Å². The van der Waals surface area contributed by atoms with E-state index in [1.54, 1.807) is 0 Å². The third-order valence-corrected chi connectivity index (χ3v) is 2.66. The van der Waals surface area contributed by atoms with Gasteiger partial charge in [-0.15, -0.1) is 0 Å². The van der Waals surface area contributed by atoms with Crippen molar-refractivity contribution in [1.82, 2.24) is 5.32 Å². The number of nitrogens with one attached hydrogen (secondary N) is 1. The molecule has 0 aromatic heterocycles. The van der Waals surface area contributed by atoms with Crippen LogP contribution in [0.15, 0.2) is 0 Å². The van der Waals surface area contributed by atoms with Gasteiger partial charge in [0.1, 0.15) is 0 Å². The molecule has 1 fully saturated rings. The summed E-state index contributed by atoms with van der Waals surface area (Å²) in [6, 6.07) is 1.13. The van der Waals surface area contributed by atoms with Crippen LogP contribution in [0.3, 0.4) is 0 Å². The molecule has 12 heavy (non-hydrogen) atoms. The maximum Gasteiger partial charge on any atom is 0.00817 e. The highest BCUT2D eigenvalue weighted by Gasteiger charge is 2.14. The minimum absolute atomic E-state index is 0.422. The average Bonchev–Trinajstić information content (AvgIpc) is 2.06. The highest BCUT2D eigenvalue weighted by atomic mass is 14.9. The van der Waals surface area contributed by atoms with Gasteiger partial charge in [0.2, 0.25) is 0 Å². The molecule has 2 heteroatoms. The zero-order chi connectivity index (χ0) is 8.81. The quantitative estimate of drug-likeness (QED) is 0.673. The minimum Gasteiger partial charge on any atom is -0.328 e. The van der Waals surface area contributed by atoms with E-state index in [2.05, 4.69) is 12.2 Å². The molecule has 1 rings (SSSR count). The van der Waals surface area contributed by atoms with Crippen LogP contribution in [0, 0.1) is 0 Å². The Kier molecular flexibility index (Phi) is 4.62. The molecule has 0 unspecified atom stereocenters. The molecule has 0 aromatic carbocycles. The molecule has 0 spiro atoms. The molecule has 1 saturated heterocycles. The monoisotopic (exact) mass is 170 g/mol. The smallest absolute Gasteiger partial charge is 0.00817 e. The normalized spacial score (nSPS) is 27.0. The second-order valence-electron chi connectivity index (χ2n) is 3.93. The fourth-order valence-corrected chi connectivity index (χ4v) is 1.98. The van der Waals surface area contributed by atoms with Crippen molar-refractivity contribution >= 4 is 0 Å². The van der Waals surface area contributed by atoms with Gasteiger partial charge in [-0.05, 0) is 32.2 Å². The Morgan fingerprint density at radius 1 is 1.50 bits per heavy atom.